The van der Waals surface area contributed by atoms with Crippen LogP contribution < -0.4 is 5.32 Å². The quantitative estimate of drug-likeness (QED) is 0.886. The molecule has 1 aliphatic rings. The lowest BCUT2D eigenvalue weighted by Gasteiger charge is -2.36. The zero-order valence-corrected chi connectivity index (χ0v) is 11.7. The highest BCUT2D eigenvalue weighted by molar-refractivity contribution is 9.10. The Morgan fingerprint density at radius 1 is 1.18 bits per heavy atom. The predicted molar refractivity (Wildman–Crippen MR) is 75.2 cm³/mol. The van der Waals surface area contributed by atoms with Crippen LogP contribution in [-0.4, -0.2) is 18.3 Å². The van der Waals surface area contributed by atoms with Gasteiger partial charge in [0.05, 0.1) is 6.61 Å². The van der Waals surface area contributed by atoms with Crippen LogP contribution in [0.4, 0.5) is 5.69 Å². The molecule has 0 aromatic heterocycles. The van der Waals surface area contributed by atoms with Crippen molar-refractivity contribution in [2.45, 2.75) is 32.1 Å². The summed E-state index contributed by atoms with van der Waals surface area (Å²) in [6.07, 6.45) is 6.09. The zero-order chi connectivity index (χ0) is 12.1. The van der Waals surface area contributed by atoms with Crippen LogP contribution >= 0.6 is 15.9 Å². The van der Waals surface area contributed by atoms with Gasteiger partial charge in [0.25, 0.3) is 0 Å². The average Bonchev–Trinajstić information content (AvgIpc) is 2.39. The Morgan fingerprint density at radius 2 is 1.88 bits per heavy atom. The monoisotopic (exact) mass is 297 g/mol. The molecule has 94 valence electrons. The molecule has 1 fully saturated rings. The second-order valence-electron chi connectivity index (χ2n) is 5.05. The molecule has 0 unspecified atom stereocenters. The van der Waals surface area contributed by atoms with Crippen LogP contribution in [-0.2, 0) is 0 Å². The van der Waals surface area contributed by atoms with Gasteiger partial charge in [-0.25, -0.2) is 0 Å². The molecule has 3 heteroatoms. The Balaban J connectivity index is 1.98. The summed E-state index contributed by atoms with van der Waals surface area (Å²) in [5, 5.41) is 13.1. The number of para-hydroxylation sites is 1. The highest BCUT2D eigenvalue weighted by Crippen LogP contribution is 2.36. The van der Waals surface area contributed by atoms with E-state index in [0.717, 1.165) is 29.5 Å². The molecule has 0 amide bonds. The van der Waals surface area contributed by atoms with Crippen LogP contribution in [0.25, 0.3) is 0 Å². The summed E-state index contributed by atoms with van der Waals surface area (Å²) in [7, 11) is 0. The van der Waals surface area contributed by atoms with Crippen LogP contribution in [0.1, 0.15) is 32.1 Å². The molecule has 0 spiro atoms. The lowest BCUT2D eigenvalue weighted by atomic mass is 9.74. The van der Waals surface area contributed by atoms with Gasteiger partial charge in [0.1, 0.15) is 0 Å². The molecule has 2 rings (SSSR count). The predicted octanol–water partition coefficient (Wildman–Crippen LogP) is 3.80. The summed E-state index contributed by atoms with van der Waals surface area (Å²) in [5.41, 5.74) is 1.21. The van der Waals surface area contributed by atoms with E-state index in [1.165, 1.54) is 19.3 Å². The van der Waals surface area contributed by atoms with Crippen molar-refractivity contribution in [3.05, 3.63) is 28.7 Å². The van der Waals surface area contributed by atoms with Crippen LogP contribution in [0.15, 0.2) is 28.7 Å². The maximum absolute atomic E-state index is 9.64. The molecule has 1 saturated carbocycles. The maximum Gasteiger partial charge on any atom is 0.0504 e. The van der Waals surface area contributed by atoms with Crippen molar-refractivity contribution >= 4 is 21.6 Å². The highest BCUT2D eigenvalue weighted by atomic mass is 79.9. The van der Waals surface area contributed by atoms with Gasteiger partial charge >= 0.3 is 0 Å². The van der Waals surface area contributed by atoms with Crippen molar-refractivity contribution in [2.24, 2.45) is 5.41 Å². The Bertz CT molecular complexity index is 361. The number of halogens is 1. The molecular formula is C14H20BrNO. The second-order valence-corrected chi connectivity index (χ2v) is 5.91. The molecule has 0 aliphatic heterocycles. The summed E-state index contributed by atoms with van der Waals surface area (Å²) >= 11 is 3.54. The third-order valence-corrected chi connectivity index (χ3v) is 4.47. The molecule has 1 aromatic carbocycles. The molecule has 0 radical (unpaired) electrons. The van der Waals surface area contributed by atoms with E-state index < -0.39 is 0 Å². The maximum atomic E-state index is 9.64. The molecule has 2 nitrogen and oxygen atoms in total. The normalized spacial score (nSPS) is 18.9. The smallest absolute Gasteiger partial charge is 0.0504 e. The van der Waals surface area contributed by atoms with E-state index in [1.54, 1.807) is 0 Å². The molecule has 0 bridgehead atoms. The van der Waals surface area contributed by atoms with Gasteiger partial charge in [-0.2, -0.15) is 0 Å². The minimum absolute atomic E-state index is 0.0908. The largest absolute Gasteiger partial charge is 0.396 e. The van der Waals surface area contributed by atoms with E-state index in [0.29, 0.717) is 6.61 Å². The third-order valence-electron chi connectivity index (χ3n) is 3.78. The number of benzene rings is 1. The van der Waals surface area contributed by atoms with E-state index in [4.69, 9.17) is 0 Å². The van der Waals surface area contributed by atoms with Crippen molar-refractivity contribution in [1.29, 1.82) is 0 Å². The van der Waals surface area contributed by atoms with Crippen molar-refractivity contribution in [2.75, 3.05) is 18.5 Å². The minimum atomic E-state index is 0.0908. The molecule has 17 heavy (non-hydrogen) atoms. The lowest BCUT2D eigenvalue weighted by Crippen LogP contribution is -2.35. The average molecular weight is 298 g/mol. The molecule has 2 N–H and O–H groups in total. The molecular weight excluding hydrogens is 278 g/mol. The van der Waals surface area contributed by atoms with Gasteiger partial charge in [-0.1, -0.05) is 31.4 Å². The summed E-state index contributed by atoms with van der Waals surface area (Å²) in [6.45, 7) is 1.16. The van der Waals surface area contributed by atoms with Crippen molar-refractivity contribution < 1.29 is 5.11 Å². The van der Waals surface area contributed by atoms with E-state index in [9.17, 15) is 5.11 Å². The highest BCUT2D eigenvalue weighted by Gasteiger charge is 2.31. The van der Waals surface area contributed by atoms with E-state index in [-0.39, 0.29) is 5.41 Å². The first-order valence-corrected chi connectivity index (χ1v) is 7.14. The van der Waals surface area contributed by atoms with Crippen LogP contribution in [0.2, 0.25) is 0 Å². The van der Waals surface area contributed by atoms with Crippen LogP contribution in [0.3, 0.4) is 0 Å². The second kappa shape index (κ2) is 5.87. The van der Waals surface area contributed by atoms with Crippen molar-refractivity contribution in [3.63, 3.8) is 0 Å². The first-order valence-electron chi connectivity index (χ1n) is 6.35. The van der Waals surface area contributed by atoms with Gasteiger partial charge in [0, 0.05) is 22.1 Å². The van der Waals surface area contributed by atoms with Crippen molar-refractivity contribution in [1.82, 2.24) is 0 Å². The topological polar surface area (TPSA) is 32.3 Å². The summed E-state index contributed by atoms with van der Waals surface area (Å²) in [5.74, 6) is 0. The van der Waals surface area contributed by atoms with Gasteiger partial charge in [0.15, 0.2) is 0 Å². The molecule has 1 aliphatic carbocycles. The summed E-state index contributed by atoms with van der Waals surface area (Å²) in [4.78, 5) is 0. The minimum Gasteiger partial charge on any atom is -0.396 e. The van der Waals surface area contributed by atoms with Gasteiger partial charge < -0.3 is 10.4 Å². The fraction of sp³-hybridized carbons (Fsp3) is 0.571. The summed E-state index contributed by atoms with van der Waals surface area (Å²) in [6, 6.07) is 8.14. The Kier molecular flexibility index (Phi) is 4.46. The number of anilines is 1. The fourth-order valence-corrected chi connectivity index (χ4v) is 3.00. The number of aliphatic hydroxyl groups excluding tert-OH is 1. The van der Waals surface area contributed by atoms with E-state index in [1.807, 2.05) is 18.2 Å². The van der Waals surface area contributed by atoms with E-state index >= 15 is 0 Å². The Morgan fingerprint density at radius 3 is 2.53 bits per heavy atom. The zero-order valence-electron chi connectivity index (χ0n) is 10.1. The van der Waals surface area contributed by atoms with Crippen LogP contribution in [0.5, 0.6) is 0 Å². The molecule has 0 atom stereocenters. The van der Waals surface area contributed by atoms with Gasteiger partial charge in [-0.05, 0) is 40.9 Å². The molecule has 0 saturated heterocycles. The number of aliphatic hydroxyl groups is 1. The number of hydrogen-bond acceptors (Lipinski definition) is 2. The summed E-state index contributed by atoms with van der Waals surface area (Å²) < 4.78 is 1.09. The first kappa shape index (κ1) is 12.9. The number of hydrogen-bond donors (Lipinski definition) is 2. The van der Waals surface area contributed by atoms with Gasteiger partial charge in [-0.3, -0.25) is 0 Å². The Hall–Kier alpha value is -0.540. The number of nitrogens with one attached hydrogen (secondary N) is 1. The van der Waals surface area contributed by atoms with Gasteiger partial charge in [0.2, 0.25) is 0 Å². The third kappa shape index (κ3) is 3.23. The lowest BCUT2D eigenvalue weighted by molar-refractivity contribution is 0.0944. The first-order chi connectivity index (χ1) is 8.26. The van der Waals surface area contributed by atoms with Crippen molar-refractivity contribution in [3.8, 4) is 0 Å². The molecule has 0 heterocycles. The van der Waals surface area contributed by atoms with Gasteiger partial charge in [-0.15, -0.1) is 0 Å². The fourth-order valence-electron chi connectivity index (χ4n) is 2.58. The molecule has 1 aromatic rings. The SMILES string of the molecule is OCC1(CNc2ccccc2Br)CCCCC1. The van der Waals surface area contributed by atoms with Crippen LogP contribution in [0, 0.1) is 5.41 Å². The van der Waals surface area contributed by atoms with E-state index in [2.05, 4.69) is 27.3 Å². The number of rotatable bonds is 4. The standard InChI is InChI=1S/C14H20BrNO/c15-12-6-2-3-7-13(12)16-10-14(11-17)8-4-1-5-9-14/h2-3,6-7,16-17H,1,4-5,8-11H2. The Labute approximate surface area is 112 Å².